The molecule has 2 aromatic rings. The Bertz CT molecular complexity index is 860. The Morgan fingerprint density at radius 2 is 1.71 bits per heavy atom. The van der Waals surface area contributed by atoms with Crippen molar-refractivity contribution in [3.8, 4) is 0 Å². The number of rotatable bonds is 3. The van der Waals surface area contributed by atoms with Crippen molar-refractivity contribution in [2.75, 3.05) is 31.5 Å². The molecule has 0 unspecified atom stereocenters. The molecule has 0 spiro atoms. The molecule has 3 rings (SSSR count). The smallest absolute Gasteiger partial charge is 0.340 e. The van der Waals surface area contributed by atoms with Crippen molar-refractivity contribution >= 4 is 23.3 Å². The van der Waals surface area contributed by atoms with E-state index in [1.165, 1.54) is 25.3 Å². The summed E-state index contributed by atoms with van der Waals surface area (Å²) in [7, 11) is 0. The van der Waals surface area contributed by atoms with Gasteiger partial charge in [-0.05, 0) is 30.3 Å². The van der Waals surface area contributed by atoms with Gasteiger partial charge in [0.05, 0.1) is 11.1 Å². The molecule has 0 saturated carbocycles. The van der Waals surface area contributed by atoms with Crippen LogP contribution in [-0.2, 0) is 11.0 Å². The summed E-state index contributed by atoms with van der Waals surface area (Å²) in [6.45, 7) is 3.37. The molecule has 2 heterocycles. The van der Waals surface area contributed by atoms with Gasteiger partial charge in [0.2, 0.25) is 5.91 Å². The highest BCUT2D eigenvalue weighted by atomic mass is 19.4. The Morgan fingerprint density at radius 3 is 2.29 bits per heavy atom. The number of carbonyl (C=O) groups is 2. The average Bonchev–Trinajstić information content (AvgIpc) is 2.68. The van der Waals surface area contributed by atoms with Crippen molar-refractivity contribution in [2.45, 2.75) is 13.1 Å². The fourth-order valence-corrected chi connectivity index (χ4v) is 2.92. The van der Waals surface area contributed by atoms with Gasteiger partial charge >= 0.3 is 6.18 Å². The van der Waals surface area contributed by atoms with E-state index in [0.29, 0.717) is 37.6 Å². The number of benzene rings is 1. The maximum absolute atomic E-state index is 12.8. The van der Waals surface area contributed by atoms with Crippen LogP contribution in [0.4, 0.5) is 24.7 Å². The Balaban J connectivity index is 1.64. The Hall–Kier alpha value is -3.10. The van der Waals surface area contributed by atoms with Gasteiger partial charge in [-0.15, -0.1) is 0 Å². The SMILES string of the molecule is CC(=O)N1CCN(C(=O)c2ccc(Nc3cccc(C(F)(F)F)c3)nc2)CC1. The van der Waals surface area contributed by atoms with Gasteiger partial charge in [-0.1, -0.05) is 6.07 Å². The topological polar surface area (TPSA) is 65.5 Å². The average molecular weight is 392 g/mol. The number of pyridine rings is 1. The predicted octanol–water partition coefficient (Wildman–Crippen LogP) is 3.15. The Morgan fingerprint density at radius 1 is 1.04 bits per heavy atom. The lowest BCUT2D eigenvalue weighted by molar-refractivity contribution is -0.137. The van der Waals surface area contributed by atoms with Crippen molar-refractivity contribution in [1.29, 1.82) is 0 Å². The van der Waals surface area contributed by atoms with Crippen LogP contribution in [0.5, 0.6) is 0 Å². The minimum atomic E-state index is -4.42. The number of amides is 2. The van der Waals surface area contributed by atoms with E-state index in [1.807, 2.05) is 0 Å². The number of hydrogen-bond acceptors (Lipinski definition) is 4. The van der Waals surface area contributed by atoms with Crippen molar-refractivity contribution in [2.24, 2.45) is 0 Å². The first-order chi connectivity index (χ1) is 13.2. The van der Waals surface area contributed by atoms with Crippen LogP contribution in [-0.4, -0.2) is 52.8 Å². The minimum Gasteiger partial charge on any atom is -0.340 e. The summed E-state index contributed by atoms with van der Waals surface area (Å²) in [5, 5.41) is 2.80. The summed E-state index contributed by atoms with van der Waals surface area (Å²) in [5.41, 5.74) is -0.123. The molecule has 2 amide bonds. The number of carbonyl (C=O) groups excluding carboxylic acids is 2. The first-order valence-electron chi connectivity index (χ1n) is 8.69. The highest BCUT2D eigenvalue weighted by molar-refractivity contribution is 5.94. The van der Waals surface area contributed by atoms with E-state index in [2.05, 4.69) is 10.3 Å². The molecule has 1 aromatic carbocycles. The highest BCUT2D eigenvalue weighted by Crippen LogP contribution is 2.31. The molecular weight excluding hydrogens is 373 g/mol. The third kappa shape index (κ3) is 4.59. The summed E-state index contributed by atoms with van der Waals surface area (Å²) in [4.78, 5) is 31.3. The number of anilines is 2. The summed E-state index contributed by atoms with van der Waals surface area (Å²) in [5.74, 6) is 0.123. The van der Waals surface area contributed by atoms with Crippen LogP contribution in [0.3, 0.4) is 0 Å². The number of halogens is 3. The van der Waals surface area contributed by atoms with Gasteiger partial charge in [-0.3, -0.25) is 9.59 Å². The van der Waals surface area contributed by atoms with E-state index in [4.69, 9.17) is 0 Å². The zero-order chi connectivity index (χ0) is 20.3. The maximum Gasteiger partial charge on any atom is 0.416 e. The zero-order valence-electron chi connectivity index (χ0n) is 15.2. The number of nitrogens with zero attached hydrogens (tertiary/aromatic N) is 3. The lowest BCUT2D eigenvalue weighted by Gasteiger charge is -2.34. The molecule has 1 aromatic heterocycles. The van der Waals surface area contributed by atoms with Gasteiger partial charge < -0.3 is 15.1 Å². The molecule has 0 radical (unpaired) electrons. The molecule has 148 valence electrons. The number of aromatic nitrogens is 1. The molecule has 9 heteroatoms. The number of nitrogens with one attached hydrogen (secondary N) is 1. The van der Waals surface area contributed by atoms with E-state index in [1.54, 1.807) is 21.9 Å². The third-order valence-corrected chi connectivity index (χ3v) is 4.48. The molecule has 0 bridgehead atoms. The maximum atomic E-state index is 12.8. The minimum absolute atomic E-state index is 0.0150. The molecule has 0 aliphatic carbocycles. The monoisotopic (exact) mass is 392 g/mol. The van der Waals surface area contributed by atoms with Crippen LogP contribution in [0.1, 0.15) is 22.8 Å². The molecule has 1 aliphatic rings. The summed E-state index contributed by atoms with van der Waals surface area (Å²) < 4.78 is 38.4. The van der Waals surface area contributed by atoms with Crippen molar-refractivity contribution in [3.05, 3.63) is 53.7 Å². The molecule has 1 saturated heterocycles. The van der Waals surface area contributed by atoms with E-state index >= 15 is 0 Å². The highest BCUT2D eigenvalue weighted by Gasteiger charge is 2.30. The quantitative estimate of drug-likeness (QED) is 0.872. The number of alkyl halides is 3. The van der Waals surface area contributed by atoms with Gasteiger partial charge in [-0.25, -0.2) is 4.98 Å². The van der Waals surface area contributed by atoms with Gasteiger partial charge in [-0.2, -0.15) is 13.2 Å². The standard InChI is InChI=1S/C19H19F3N4O2/c1-13(27)25-7-9-26(10-8-25)18(28)14-5-6-17(23-12-14)24-16-4-2-3-15(11-16)19(20,21)22/h2-6,11-12H,7-10H2,1H3,(H,23,24). The second-order valence-electron chi connectivity index (χ2n) is 6.43. The lowest BCUT2D eigenvalue weighted by Crippen LogP contribution is -2.50. The van der Waals surface area contributed by atoms with Crippen LogP contribution < -0.4 is 5.32 Å². The molecule has 1 N–H and O–H groups in total. The van der Waals surface area contributed by atoms with Crippen LogP contribution in [0.15, 0.2) is 42.6 Å². The van der Waals surface area contributed by atoms with Crippen molar-refractivity contribution in [1.82, 2.24) is 14.8 Å². The number of piperazine rings is 1. The largest absolute Gasteiger partial charge is 0.416 e. The van der Waals surface area contributed by atoms with E-state index in [0.717, 1.165) is 12.1 Å². The predicted molar refractivity (Wildman–Crippen MR) is 97.1 cm³/mol. The van der Waals surface area contributed by atoms with Crippen LogP contribution in [0.25, 0.3) is 0 Å². The first-order valence-corrected chi connectivity index (χ1v) is 8.69. The van der Waals surface area contributed by atoms with Gasteiger partial charge in [0.15, 0.2) is 0 Å². The first kappa shape index (κ1) is 19.7. The molecular formula is C19H19F3N4O2. The van der Waals surface area contributed by atoms with E-state index in [-0.39, 0.29) is 17.5 Å². The van der Waals surface area contributed by atoms with E-state index in [9.17, 15) is 22.8 Å². The Kier molecular flexibility index (Phi) is 5.53. The fraction of sp³-hybridized carbons (Fsp3) is 0.316. The lowest BCUT2D eigenvalue weighted by atomic mass is 10.2. The van der Waals surface area contributed by atoms with Crippen molar-refractivity contribution < 1.29 is 22.8 Å². The van der Waals surface area contributed by atoms with Crippen molar-refractivity contribution in [3.63, 3.8) is 0 Å². The Labute approximate surface area is 160 Å². The van der Waals surface area contributed by atoms with E-state index < -0.39 is 11.7 Å². The molecule has 0 atom stereocenters. The van der Waals surface area contributed by atoms with Gasteiger partial charge in [0.1, 0.15) is 5.82 Å². The summed E-state index contributed by atoms with van der Waals surface area (Å²) in [6.07, 6.45) is -3.04. The van der Waals surface area contributed by atoms with Gasteiger partial charge in [0.25, 0.3) is 5.91 Å². The van der Waals surface area contributed by atoms with Crippen LogP contribution >= 0.6 is 0 Å². The number of hydrogen-bond donors (Lipinski definition) is 1. The fourth-order valence-electron chi connectivity index (χ4n) is 2.92. The summed E-state index contributed by atoms with van der Waals surface area (Å²) in [6, 6.07) is 7.91. The van der Waals surface area contributed by atoms with Gasteiger partial charge in [0, 0.05) is 45.0 Å². The normalized spacial score (nSPS) is 14.7. The molecule has 6 nitrogen and oxygen atoms in total. The van der Waals surface area contributed by atoms with Crippen LogP contribution in [0.2, 0.25) is 0 Å². The summed E-state index contributed by atoms with van der Waals surface area (Å²) >= 11 is 0. The zero-order valence-corrected chi connectivity index (χ0v) is 15.2. The molecule has 1 aliphatic heterocycles. The third-order valence-electron chi connectivity index (χ3n) is 4.48. The van der Waals surface area contributed by atoms with Crippen LogP contribution in [0, 0.1) is 0 Å². The second-order valence-corrected chi connectivity index (χ2v) is 6.43. The molecule has 1 fully saturated rings. The second kappa shape index (κ2) is 7.87. The molecule has 28 heavy (non-hydrogen) atoms.